The lowest BCUT2D eigenvalue weighted by atomic mass is 10.1. The summed E-state index contributed by atoms with van der Waals surface area (Å²) in [5, 5.41) is 8.95. The van der Waals surface area contributed by atoms with Crippen molar-refractivity contribution in [3.8, 4) is 17.6 Å². The van der Waals surface area contributed by atoms with Gasteiger partial charge in [0.2, 0.25) is 0 Å². The minimum absolute atomic E-state index is 0.0730. The topological polar surface area (TPSA) is 92.7 Å². The summed E-state index contributed by atoms with van der Waals surface area (Å²) in [6, 6.07) is 19.1. The van der Waals surface area contributed by atoms with E-state index in [1.54, 1.807) is 48.5 Å². The van der Waals surface area contributed by atoms with Gasteiger partial charge in [0.05, 0.1) is 23.3 Å². The van der Waals surface area contributed by atoms with Crippen LogP contribution in [-0.2, 0) is 10.0 Å². The first-order valence-electron chi connectivity index (χ1n) is 8.50. The summed E-state index contributed by atoms with van der Waals surface area (Å²) in [4.78, 5) is 11.0. The minimum atomic E-state index is -3.83. The highest BCUT2D eigenvalue weighted by Gasteiger charge is 2.16. The van der Waals surface area contributed by atoms with E-state index in [1.165, 1.54) is 31.4 Å². The minimum Gasteiger partial charge on any atom is -0.497 e. The van der Waals surface area contributed by atoms with Gasteiger partial charge in [0.1, 0.15) is 5.75 Å². The number of para-hydroxylation sites is 1. The zero-order chi connectivity index (χ0) is 20.9. The second-order valence-electron chi connectivity index (χ2n) is 5.96. The van der Waals surface area contributed by atoms with E-state index in [-0.39, 0.29) is 10.5 Å². The number of hydrogen-bond donors (Lipinski definition) is 2. The number of benzene rings is 3. The smallest absolute Gasteiger partial charge is 0.335 e. The SMILES string of the molecule is COc1cccc(S(=O)(=O)Nc2ccccc2C#Cc2ccc(C(=O)O)cc2)c1. The summed E-state index contributed by atoms with van der Waals surface area (Å²) < 4.78 is 33.1. The van der Waals surface area contributed by atoms with Crippen molar-refractivity contribution in [1.29, 1.82) is 0 Å². The van der Waals surface area contributed by atoms with E-state index in [0.717, 1.165) is 0 Å². The van der Waals surface area contributed by atoms with Crippen molar-refractivity contribution in [2.24, 2.45) is 0 Å². The highest BCUT2D eigenvalue weighted by molar-refractivity contribution is 7.92. The number of methoxy groups -OCH3 is 1. The number of ether oxygens (including phenoxy) is 1. The van der Waals surface area contributed by atoms with Crippen molar-refractivity contribution in [1.82, 2.24) is 0 Å². The molecular weight excluding hydrogens is 390 g/mol. The van der Waals surface area contributed by atoms with E-state index >= 15 is 0 Å². The Labute approximate surface area is 168 Å². The van der Waals surface area contributed by atoms with E-state index in [2.05, 4.69) is 16.6 Å². The van der Waals surface area contributed by atoms with Crippen molar-refractivity contribution < 1.29 is 23.1 Å². The second kappa shape index (κ2) is 8.50. The lowest BCUT2D eigenvalue weighted by molar-refractivity contribution is 0.0697. The standard InChI is InChI=1S/C22H17NO5S/c1-28-19-6-4-7-20(15-19)29(26,27)23-21-8-3-2-5-17(21)12-9-16-10-13-18(14-11-16)22(24)25/h2-8,10-11,13-15,23H,1H3,(H,24,25). The number of carbonyl (C=O) groups is 1. The third-order valence-corrected chi connectivity index (χ3v) is 5.36. The van der Waals surface area contributed by atoms with Crippen molar-refractivity contribution in [3.05, 3.63) is 89.5 Å². The normalized spacial score (nSPS) is 10.5. The molecule has 2 N–H and O–H groups in total. The number of hydrogen-bond acceptors (Lipinski definition) is 4. The first-order chi connectivity index (χ1) is 13.9. The van der Waals surface area contributed by atoms with Crippen LogP contribution in [0.2, 0.25) is 0 Å². The molecule has 3 rings (SSSR count). The maximum Gasteiger partial charge on any atom is 0.335 e. The molecule has 0 heterocycles. The van der Waals surface area contributed by atoms with Gasteiger partial charge in [-0.2, -0.15) is 0 Å². The Morgan fingerprint density at radius 2 is 1.69 bits per heavy atom. The molecule has 29 heavy (non-hydrogen) atoms. The lowest BCUT2D eigenvalue weighted by Gasteiger charge is -2.10. The zero-order valence-electron chi connectivity index (χ0n) is 15.4. The van der Waals surface area contributed by atoms with Gasteiger partial charge in [-0.3, -0.25) is 4.72 Å². The molecule has 146 valence electrons. The molecule has 0 atom stereocenters. The highest BCUT2D eigenvalue weighted by Crippen LogP contribution is 2.22. The molecule has 0 saturated carbocycles. The van der Waals surface area contributed by atoms with Crippen molar-refractivity contribution >= 4 is 21.7 Å². The number of sulfonamides is 1. The third-order valence-electron chi connectivity index (χ3n) is 4.00. The average Bonchev–Trinajstić information content (AvgIpc) is 2.73. The van der Waals surface area contributed by atoms with Crippen molar-refractivity contribution in [3.63, 3.8) is 0 Å². The van der Waals surface area contributed by atoms with Gasteiger partial charge in [0.15, 0.2) is 0 Å². The van der Waals surface area contributed by atoms with E-state index in [9.17, 15) is 13.2 Å². The van der Waals surface area contributed by atoms with Gasteiger partial charge in [-0.25, -0.2) is 13.2 Å². The Kier molecular flexibility index (Phi) is 5.86. The van der Waals surface area contributed by atoms with Gasteiger partial charge in [0.25, 0.3) is 10.0 Å². The Bertz CT molecular complexity index is 1210. The van der Waals surface area contributed by atoms with Crippen molar-refractivity contribution in [2.45, 2.75) is 4.90 Å². The number of carboxylic acids is 1. The van der Waals surface area contributed by atoms with E-state index < -0.39 is 16.0 Å². The molecule has 0 radical (unpaired) electrons. The fourth-order valence-corrected chi connectivity index (χ4v) is 3.60. The second-order valence-corrected chi connectivity index (χ2v) is 7.64. The number of aromatic carboxylic acids is 1. The molecule has 7 heteroatoms. The molecular formula is C22H17NO5S. The molecule has 3 aromatic rings. The molecule has 0 aromatic heterocycles. The van der Waals surface area contributed by atoms with Crippen LogP contribution in [0.25, 0.3) is 0 Å². The van der Waals surface area contributed by atoms with Crippen LogP contribution in [0.3, 0.4) is 0 Å². The first kappa shape index (κ1) is 20.0. The lowest BCUT2D eigenvalue weighted by Crippen LogP contribution is -2.13. The summed E-state index contributed by atoms with van der Waals surface area (Å²) in [6.45, 7) is 0. The molecule has 3 aromatic carbocycles. The predicted molar refractivity (Wildman–Crippen MR) is 110 cm³/mol. The Morgan fingerprint density at radius 1 is 0.966 bits per heavy atom. The fourth-order valence-electron chi connectivity index (χ4n) is 2.49. The van der Waals surface area contributed by atoms with E-state index in [0.29, 0.717) is 22.6 Å². The Morgan fingerprint density at radius 3 is 2.38 bits per heavy atom. The van der Waals surface area contributed by atoms with Crippen LogP contribution in [0.5, 0.6) is 5.75 Å². The molecule has 0 bridgehead atoms. The van der Waals surface area contributed by atoms with Crippen LogP contribution in [-0.4, -0.2) is 26.6 Å². The van der Waals surface area contributed by atoms with Crippen LogP contribution in [0.4, 0.5) is 5.69 Å². The summed E-state index contributed by atoms with van der Waals surface area (Å²) in [7, 11) is -2.36. The predicted octanol–water partition coefficient (Wildman–Crippen LogP) is 3.59. The number of anilines is 1. The molecule has 6 nitrogen and oxygen atoms in total. The third kappa shape index (κ3) is 4.94. The highest BCUT2D eigenvalue weighted by atomic mass is 32.2. The molecule has 0 aliphatic heterocycles. The number of rotatable bonds is 5. The molecule has 0 spiro atoms. The largest absolute Gasteiger partial charge is 0.497 e. The maximum absolute atomic E-state index is 12.7. The summed E-state index contributed by atoms with van der Waals surface area (Å²) in [6.07, 6.45) is 0. The fraction of sp³-hybridized carbons (Fsp3) is 0.0455. The van der Waals surface area contributed by atoms with Crippen LogP contribution < -0.4 is 9.46 Å². The van der Waals surface area contributed by atoms with Gasteiger partial charge >= 0.3 is 5.97 Å². The van der Waals surface area contributed by atoms with Crippen LogP contribution in [0.1, 0.15) is 21.5 Å². The average molecular weight is 407 g/mol. The summed E-state index contributed by atoms with van der Waals surface area (Å²) in [5.41, 5.74) is 1.61. The van der Waals surface area contributed by atoms with Gasteiger partial charge in [-0.15, -0.1) is 0 Å². The van der Waals surface area contributed by atoms with Crippen LogP contribution in [0.15, 0.2) is 77.7 Å². The maximum atomic E-state index is 12.7. The molecule has 0 saturated heterocycles. The molecule has 0 aliphatic rings. The van der Waals surface area contributed by atoms with Gasteiger partial charge in [0, 0.05) is 17.2 Å². The Hall–Kier alpha value is -3.76. The Balaban J connectivity index is 1.89. The van der Waals surface area contributed by atoms with Crippen molar-refractivity contribution in [2.75, 3.05) is 11.8 Å². The zero-order valence-corrected chi connectivity index (χ0v) is 16.2. The van der Waals surface area contributed by atoms with Gasteiger partial charge in [-0.1, -0.05) is 30.0 Å². The quantitative estimate of drug-likeness (QED) is 0.631. The molecule has 0 unspecified atom stereocenters. The monoisotopic (exact) mass is 407 g/mol. The molecule has 0 fully saturated rings. The summed E-state index contributed by atoms with van der Waals surface area (Å²) >= 11 is 0. The number of nitrogens with one attached hydrogen (secondary N) is 1. The van der Waals surface area contributed by atoms with Crippen LogP contribution >= 0.6 is 0 Å². The summed E-state index contributed by atoms with van der Waals surface area (Å²) in [5.74, 6) is 5.26. The molecule has 0 aliphatic carbocycles. The van der Waals surface area contributed by atoms with E-state index in [1.807, 2.05) is 0 Å². The van der Waals surface area contributed by atoms with Gasteiger partial charge < -0.3 is 9.84 Å². The van der Waals surface area contributed by atoms with Gasteiger partial charge in [-0.05, 0) is 48.5 Å². The number of carboxylic acid groups (broad SMARTS) is 1. The van der Waals surface area contributed by atoms with Crippen LogP contribution in [0, 0.1) is 11.8 Å². The van der Waals surface area contributed by atoms with E-state index in [4.69, 9.17) is 9.84 Å². The first-order valence-corrected chi connectivity index (χ1v) is 9.98. The molecule has 0 amide bonds.